The molecule has 35 heavy (non-hydrogen) atoms. The average Bonchev–Trinajstić information content (AvgIpc) is 2.85. The first kappa shape index (κ1) is 25.9. The van der Waals surface area contributed by atoms with Crippen molar-refractivity contribution in [2.75, 3.05) is 46.2 Å². The second-order valence-electron chi connectivity index (χ2n) is 8.67. The SMILES string of the molecule is CN(C)C(=NC#N)N1CCC(N(C)C(=O)N(C)c2ccc(-c3ccccc3C(F)(F)F)cc2)CC1. The number of nitrogens with zero attached hydrogens (tertiary/aromatic N) is 6. The molecule has 0 saturated carbocycles. The minimum absolute atomic E-state index is 0.0182. The number of hydrogen-bond acceptors (Lipinski definition) is 3. The highest BCUT2D eigenvalue weighted by Gasteiger charge is 2.33. The van der Waals surface area contributed by atoms with Gasteiger partial charge in [0.05, 0.1) is 5.56 Å². The molecular weight excluding hydrogens is 457 g/mol. The topological polar surface area (TPSA) is 66.2 Å². The third-order valence-electron chi connectivity index (χ3n) is 6.23. The van der Waals surface area contributed by atoms with Crippen molar-refractivity contribution in [3.05, 3.63) is 54.1 Å². The maximum atomic E-state index is 13.4. The summed E-state index contributed by atoms with van der Waals surface area (Å²) in [4.78, 5) is 24.0. The van der Waals surface area contributed by atoms with Crippen molar-refractivity contribution in [1.82, 2.24) is 14.7 Å². The molecule has 1 heterocycles. The van der Waals surface area contributed by atoms with Gasteiger partial charge in [-0.05, 0) is 42.2 Å². The van der Waals surface area contributed by atoms with Crippen LogP contribution in [-0.4, -0.2) is 74.0 Å². The van der Waals surface area contributed by atoms with E-state index < -0.39 is 11.7 Å². The molecule has 1 aliphatic rings. The minimum atomic E-state index is -4.45. The summed E-state index contributed by atoms with van der Waals surface area (Å²) >= 11 is 0. The Balaban J connectivity index is 1.68. The highest BCUT2D eigenvalue weighted by molar-refractivity contribution is 5.92. The van der Waals surface area contributed by atoms with E-state index in [4.69, 9.17) is 5.26 Å². The van der Waals surface area contributed by atoms with Gasteiger partial charge in [0.25, 0.3) is 0 Å². The fraction of sp³-hybridized carbons (Fsp3) is 0.400. The molecular formula is C25H29F3N6O. The van der Waals surface area contributed by atoms with Crippen molar-refractivity contribution >= 4 is 17.7 Å². The maximum Gasteiger partial charge on any atom is 0.417 e. The number of piperidine rings is 1. The number of guanidine groups is 1. The summed E-state index contributed by atoms with van der Waals surface area (Å²) < 4.78 is 40.1. The van der Waals surface area contributed by atoms with Gasteiger partial charge < -0.3 is 14.7 Å². The summed E-state index contributed by atoms with van der Waals surface area (Å²) in [5, 5.41) is 8.93. The smallest absolute Gasteiger partial charge is 0.348 e. The number of halogens is 3. The molecule has 0 unspecified atom stereocenters. The van der Waals surface area contributed by atoms with Crippen molar-refractivity contribution in [3.8, 4) is 17.3 Å². The van der Waals surface area contributed by atoms with Crippen LogP contribution >= 0.6 is 0 Å². The Morgan fingerprint density at radius 1 is 1.03 bits per heavy atom. The first-order valence-corrected chi connectivity index (χ1v) is 11.2. The number of nitriles is 1. The van der Waals surface area contributed by atoms with Crippen LogP contribution < -0.4 is 4.90 Å². The normalized spacial score (nSPS) is 14.9. The van der Waals surface area contributed by atoms with E-state index in [9.17, 15) is 18.0 Å². The number of aliphatic imine (C=N–C) groups is 1. The number of amides is 2. The van der Waals surface area contributed by atoms with Crippen LogP contribution in [0.15, 0.2) is 53.5 Å². The van der Waals surface area contributed by atoms with E-state index in [0.717, 1.165) is 18.9 Å². The minimum Gasteiger partial charge on any atom is -0.348 e. The Bertz CT molecular complexity index is 1100. The number of carbonyl (C=O) groups excluding carboxylic acids is 1. The molecule has 0 N–H and O–H groups in total. The van der Waals surface area contributed by atoms with Crippen LogP contribution in [0.5, 0.6) is 0 Å². The predicted octanol–water partition coefficient (Wildman–Crippen LogP) is 4.72. The maximum absolute atomic E-state index is 13.4. The molecule has 2 amide bonds. The molecule has 0 radical (unpaired) electrons. The first-order chi connectivity index (χ1) is 16.5. The molecule has 3 rings (SSSR count). The van der Waals surface area contributed by atoms with Crippen molar-refractivity contribution in [2.45, 2.75) is 25.1 Å². The zero-order chi connectivity index (χ0) is 25.8. The van der Waals surface area contributed by atoms with Crippen molar-refractivity contribution in [1.29, 1.82) is 5.26 Å². The summed E-state index contributed by atoms with van der Waals surface area (Å²) in [5.41, 5.74) is 0.421. The number of urea groups is 1. The van der Waals surface area contributed by atoms with E-state index >= 15 is 0 Å². The van der Waals surface area contributed by atoms with Gasteiger partial charge in [0.15, 0.2) is 0 Å². The Kier molecular flexibility index (Phi) is 7.89. The van der Waals surface area contributed by atoms with Crippen LogP contribution in [0.25, 0.3) is 11.1 Å². The van der Waals surface area contributed by atoms with E-state index in [-0.39, 0.29) is 17.6 Å². The fourth-order valence-corrected chi connectivity index (χ4v) is 4.30. The van der Waals surface area contributed by atoms with E-state index in [1.54, 1.807) is 54.2 Å². The lowest BCUT2D eigenvalue weighted by molar-refractivity contribution is -0.137. The van der Waals surface area contributed by atoms with Gasteiger partial charge in [-0.2, -0.15) is 18.4 Å². The molecule has 0 bridgehead atoms. The molecule has 0 atom stereocenters. The summed E-state index contributed by atoms with van der Waals surface area (Å²) in [6.45, 7) is 1.33. The van der Waals surface area contributed by atoms with E-state index in [1.807, 2.05) is 25.2 Å². The Labute approximate surface area is 203 Å². The Morgan fingerprint density at radius 2 is 1.63 bits per heavy atom. The van der Waals surface area contributed by atoms with Gasteiger partial charge in [-0.15, -0.1) is 4.99 Å². The number of hydrogen-bond donors (Lipinski definition) is 0. The number of carbonyl (C=O) groups is 1. The molecule has 1 saturated heterocycles. The zero-order valence-corrected chi connectivity index (χ0v) is 20.3. The second kappa shape index (κ2) is 10.7. The molecule has 10 heteroatoms. The van der Waals surface area contributed by atoms with Gasteiger partial charge in [0, 0.05) is 53.0 Å². The summed E-state index contributed by atoms with van der Waals surface area (Å²) in [7, 11) is 7.07. The van der Waals surface area contributed by atoms with Crippen LogP contribution in [0.2, 0.25) is 0 Å². The van der Waals surface area contributed by atoms with Crippen molar-refractivity contribution in [3.63, 3.8) is 0 Å². The van der Waals surface area contributed by atoms with Gasteiger partial charge in [0.2, 0.25) is 12.2 Å². The number of benzene rings is 2. The Hall–Kier alpha value is -3.74. The quantitative estimate of drug-likeness (QED) is 0.358. The highest BCUT2D eigenvalue weighted by Crippen LogP contribution is 2.37. The fourth-order valence-electron chi connectivity index (χ4n) is 4.30. The number of alkyl halides is 3. The Morgan fingerprint density at radius 3 is 2.17 bits per heavy atom. The summed E-state index contributed by atoms with van der Waals surface area (Å²) in [6.07, 6.45) is -1.17. The van der Waals surface area contributed by atoms with E-state index in [2.05, 4.69) is 4.99 Å². The van der Waals surface area contributed by atoms with Gasteiger partial charge in [0.1, 0.15) is 0 Å². The monoisotopic (exact) mass is 486 g/mol. The first-order valence-electron chi connectivity index (χ1n) is 11.2. The number of rotatable bonds is 3. The number of anilines is 1. The molecule has 1 fully saturated rings. The third kappa shape index (κ3) is 5.85. The average molecular weight is 487 g/mol. The molecule has 2 aromatic carbocycles. The van der Waals surface area contributed by atoms with E-state index in [1.165, 1.54) is 17.0 Å². The van der Waals surface area contributed by atoms with Gasteiger partial charge >= 0.3 is 12.2 Å². The lowest BCUT2D eigenvalue weighted by Gasteiger charge is -2.40. The highest BCUT2D eigenvalue weighted by atomic mass is 19.4. The summed E-state index contributed by atoms with van der Waals surface area (Å²) in [6, 6.07) is 11.8. The second-order valence-corrected chi connectivity index (χ2v) is 8.67. The molecule has 0 spiro atoms. The summed E-state index contributed by atoms with van der Waals surface area (Å²) in [5.74, 6) is 0.601. The molecule has 186 valence electrons. The van der Waals surface area contributed by atoms with Gasteiger partial charge in [-0.1, -0.05) is 30.3 Å². The standard InChI is InChI=1S/C25H29F3N6O/c1-31(2)23(30-17-29)34-15-13-20(14-16-34)33(4)24(35)32(3)19-11-9-18(10-12-19)21-7-5-6-8-22(21)25(26,27)28/h5-12,20H,13-16H2,1-4H3. The zero-order valence-electron chi connectivity index (χ0n) is 20.3. The van der Waals surface area contributed by atoms with Crippen LogP contribution in [0.4, 0.5) is 23.7 Å². The third-order valence-corrected chi connectivity index (χ3v) is 6.23. The lowest BCUT2D eigenvalue weighted by Crippen LogP contribution is -2.52. The van der Waals surface area contributed by atoms with Gasteiger partial charge in [-0.3, -0.25) is 4.90 Å². The molecule has 0 aliphatic carbocycles. The van der Waals surface area contributed by atoms with E-state index in [0.29, 0.717) is 30.3 Å². The van der Waals surface area contributed by atoms with Crippen LogP contribution in [0, 0.1) is 11.5 Å². The van der Waals surface area contributed by atoms with Gasteiger partial charge in [-0.25, -0.2) is 4.79 Å². The van der Waals surface area contributed by atoms with Crippen LogP contribution in [0.1, 0.15) is 18.4 Å². The van der Waals surface area contributed by atoms with Crippen LogP contribution in [0.3, 0.4) is 0 Å². The molecule has 2 aromatic rings. The van der Waals surface area contributed by atoms with Crippen LogP contribution in [-0.2, 0) is 6.18 Å². The molecule has 1 aliphatic heterocycles. The number of likely N-dealkylation sites (tertiary alicyclic amines) is 1. The van der Waals surface area contributed by atoms with Crippen molar-refractivity contribution < 1.29 is 18.0 Å². The predicted molar refractivity (Wildman–Crippen MR) is 130 cm³/mol. The molecule has 7 nitrogen and oxygen atoms in total. The lowest BCUT2D eigenvalue weighted by atomic mass is 9.99. The molecule has 0 aromatic heterocycles. The van der Waals surface area contributed by atoms with Crippen molar-refractivity contribution in [2.24, 2.45) is 4.99 Å². The largest absolute Gasteiger partial charge is 0.417 e.